The largest absolute Gasteiger partial charge is 0.324 e. The van der Waals surface area contributed by atoms with E-state index in [1.54, 1.807) is 40.9 Å². The first-order valence-corrected chi connectivity index (χ1v) is 9.07. The van der Waals surface area contributed by atoms with Crippen molar-refractivity contribution in [3.05, 3.63) is 24.3 Å². The number of benzene rings is 1. The van der Waals surface area contributed by atoms with Gasteiger partial charge in [0.25, 0.3) is 5.76 Å². The van der Waals surface area contributed by atoms with Gasteiger partial charge in [0.15, 0.2) is 0 Å². The summed E-state index contributed by atoms with van der Waals surface area (Å²) >= 11 is 2.09. The zero-order valence-electron chi connectivity index (χ0n) is 12.4. The van der Waals surface area contributed by atoms with Crippen LogP contribution in [0.2, 0.25) is 0 Å². The molecule has 0 radical (unpaired) electrons. The lowest BCUT2D eigenvalue weighted by atomic mass is 10.2. The average molecular weight is 358 g/mol. The minimum absolute atomic E-state index is 0.0151. The van der Waals surface area contributed by atoms with Crippen molar-refractivity contribution in [2.75, 3.05) is 11.1 Å². The molecule has 8 heteroatoms. The minimum atomic E-state index is -2.47. The van der Waals surface area contributed by atoms with Crippen molar-refractivity contribution in [1.29, 1.82) is 0 Å². The molecular weight excluding hydrogens is 342 g/mol. The second-order valence-electron chi connectivity index (χ2n) is 5.66. The standard InChI is InChI=1S/C15H16F2N2O2S2/c1-15-7-6-12(20)19(15)11(8-22-15)13(21)18-9-2-4-10(5-3-9)23-14(16)17/h2-5,11,14H,6-8H2,1H3,(H,18,21)/t11-,15-/m0/s1. The van der Waals surface area contributed by atoms with Gasteiger partial charge < -0.3 is 10.2 Å². The molecule has 4 nitrogen and oxygen atoms in total. The minimum Gasteiger partial charge on any atom is -0.324 e. The Labute approximate surface area is 141 Å². The average Bonchev–Trinajstić information content (AvgIpc) is 2.98. The summed E-state index contributed by atoms with van der Waals surface area (Å²) in [5.41, 5.74) is 0.541. The van der Waals surface area contributed by atoms with Crippen LogP contribution in [0.15, 0.2) is 29.2 Å². The monoisotopic (exact) mass is 358 g/mol. The zero-order valence-corrected chi connectivity index (χ0v) is 14.1. The number of rotatable bonds is 4. The summed E-state index contributed by atoms with van der Waals surface area (Å²) < 4.78 is 24.6. The van der Waals surface area contributed by atoms with E-state index >= 15 is 0 Å². The van der Waals surface area contributed by atoms with Gasteiger partial charge in [-0.2, -0.15) is 8.78 Å². The molecule has 2 saturated heterocycles. The van der Waals surface area contributed by atoms with Gasteiger partial charge in [0.2, 0.25) is 11.8 Å². The van der Waals surface area contributed by atoms with Gasteiger partial charge in [-0.05, 0) is 37.6 Å². The fourth-order valence-corrected chi connectivity index (χ4v) is 4.89. The number of fused-ring (bicyclic) bond motifs is 1. The van der Waals surface area contributed by atoms with Gasteiger partial charge in [0.05, 0.1) is 4.87 Å². The fraction of sp³-hybridized carbons (Fsp3) is 0.467. The van der Waals surface area contributed by atoms with Crippen LogP contribution in [0.25, 0.3) is 0 Å². The maximum atomic E-state index is 12.5. The van der Waals surface area contributed by atoms with Crippen molar-refractivity contribution in [2.45, 2.75) is 41.3 Å². The molecule has 2 atom stereocenters. The van der Waals surface area contributed by atoms with Crippen LogP contribution in [-0.2, 0) is 9.59 Å². The molecule has 3 rings (SSSR count). The van der Waals surface area contributed by atoms with Crippen LogP contribution in [-0.4, -0.2) is 39.1 Å². The Hall–Kier alpha value is -1.28. The number of nitrogens with zero attached hydrogens (tertiary/aromatic N) is 1. The van der Waals surface area contributed by atoms with Gasteiger partial charge in [0.1, 0.15) is 6.04 Å². The van der Waals surface area contributed by atoms with Crippen LogP contribution >= 0.6 is 23.5 Å². The predicted molar refractivity (Wildman–Crippen MR) is 87.7 cm³/mol. The van der Waals surface area contributed by atoms with Crippen molar-refractivity contribution in [3.63, 3.8) is 0 Å². The highest BCUT2D eigenvalue weighted by Crippen LogP contribution is 2.47. The summed E-state index contributed by atoms with van der Waals surface area (Å²) in [4.78, 5) is 26.3. The Morgan fingerprint density at radius 2 is 2.13 bits per heavy atom. The normalized spacial score (nSPS) is 26.7. The molecule has 0 spiro atoms. The molecule has 0 saturated carbocycles. The molecule has 2 heterocycles. The van der Waals surface area contributed by atoms with Gasteiger partial charge in [-0.3, -0.25) is 9.59 Å². The van der Waals surface area contributed by atoms with E-state index in [-0.39, 0.29) is 16.7 Å². The highest BCUT2D eigenvalue weighted by Gasteiger charge is 2.52. The maximum Gasteiger partial charge on any atom is 0.288 e. The maximum absolute atomic E-state index is 12.5. The third-order valence-corrected chi connectivity index (χ3v) is 6.32. The Morgan fingerprint density at radius 1 is 1.43 bits per heavy atom. The van der Waals surface area contributed by atoms with Crippen LogP contribution in [0, 0.1) is 0 Å². The molecule has 23 heavy (non-hydrogen) atoms. The number of thioether (sulfide) groups is 2. The number of alkyl halides is 2. The Kier molecular flexibility index (Phi) is 4.55. The molecule has 0 aliphatic carbocycles. The lowest BCUT2D eigenvalue weighted by molar-refractivity contribution is -0.135. The van der Waals surface area contributed by atoms with Crippen LogP contribution in [0.4, 0.5) is 14.5 Å². The molecule has 2 aliphatic rings. The molecule has 124 valence electrons. The molecule has 2 amide bonds. The van der Waals surface area contributed by atoms with E-state index in [1.807, 2.05) is 6.92 Å². The van der Waals surface area contributed by atoms with Crippen molar-refractivity contribution in [2.24, 2.45) is 0 Å². The second-order valence-corrected chi connectivity index (χ2v) is 8.22. The number of amides is 2. The van der Waals surface area contributed by atoms with Gasteiger partial charge in [-0.15, -0.1) is 11.8 Å². The fourth-order valence-electron chi connectivity index (χ4n) is 2.96. The van der Waals surface area contributed by atoms with Crippen LogP contribution in [0.3, 0.4) is 0 Å². The Morgan fingerprint density at radius 3 is 2.78 bits per heavy atom. The SMILES string of the molecule is C[C@]12CCC(=O)N1[C@H](C(=O)Nc1ccc(SC(F)F)cc1)CS2. The first kappa shape index (κ1) is 16.6. The highest BCUT2D eigenvalue weighted by atomic mass is 32.2. The third kappa shape index (κ3) is 3.33. The summed E-state index contributed by atoms with van der Waals surface area (Å²) in [5, 5.41) is 2.77. The van der Waals surface area contributed by atoms with E-state index in [1.165, 1.54) is 0 Å². The number of hydrogen-bond donors (Lipinski definition) is 1. The molecule has 1 aromatic rings. The summed E-state index contributed by atoms with van der Waals surface area (Å²) in [5.74, 6) is -2.11. The number of carbonyl (C=O) groups excluding carboxylic acids is 2. The quantitative estimate of drug-likeness (QED) is 0.838. The molecular formula is C15H16F2N2O2S2. The van der Waals surface area contributed by atoms with Gasteiger partial charge in [0, 0.05) is 22.8 Å². The van der Waals surface area contributed by atoms with Crippen molar-refractivity contribution < 1.29 is 18.4 Å². The number of hydrogen-bond acceptors (Lipinski definition) is 4. The van der Waals surface area contributed by atoms with Gasteiger partial charge in [-0.1, -0.05) is 11.8 Å². The van der Waals surface area contributed by atoms with Gasteiger partial charge >= 0.3 is 0 Å². The zero-order chi connectivity index (χ0) is 16.6. The molecule has 0 bridgehead atoms. The highest BCUT2D eigenvalue weighted by molar-refractivity contribution is 8.01. The van der Waals surface area contributed by atoms with E-state index in [0.717, 1.165) is 6.42 Å². The lowest BCUT2D eigenvalue weighted by Crippen LogP contribution is -2.48. The molecule has 2 aliphatic heterocycles. The first-order valence-electron chi connectivity index (χ1n) is 7.21. The number of halogens is 2. The number of carbonyl (C=O) groups is 2. The molecule has 1 aromatic carbocycles. The van der Waals surface area contributed by atoms with E-state index in [2.05, 4.69) is 5.32 Å². The van der Waals surface area contributed by atoms with Crippen molar-refractivity contribution in [1.82, 2.24) is 4.90 Å². The molecule has 0 aromatic heterocycles. The molecule has 2 fully saturated rings. The summed E-state index contributed by atoms with van der Waals surface area (Å²) in [6.45, 7) is 1.99. The topological polar surface area (TPSA) is 49.4 Å². The van der Waals surface area contributed by atoms with E-state index in [4.69, 9.17) is 0 Å². The molecule has 0 unspecified atom stereocenters. The third-order valence-electron chi connectivity index (χ3n) is 4.09. The Balaban J connectivity index is 1.66. The van der Waals surface area contributed by atoms with E-state index < -0.39 is 11.8 Å². The Bertz CT molecular complexity index is 626. The van der Waals surface area contributed by atoms with Crippen LogP contribution in [0.5, 0.6) is 0 Å². The van der Waals surface area contributed by atoms with E-state index in [0.29, 0.717) is 34.5 Å². The summed E-state index contributed by atoms with van der Waals surface area (Å²) in [6.07, 6.45) is 1.24. The summed E-state index contributed by atoms with van der Waals surface area (Å²) in [6, 6.07) is 5.79. The summed E-state index contributed by atoms with van der Waals surface area (Å²) in [7, 11) is 0. The second kappa shape index (κ2) is 6.32. The number of nitrogens with one attached hydrogen (secondary N) is 1. The smallest absolute Gasteiger partial charge is 0.288 e. The number of anilines is 1. The van der Waals surface area contributed by atoms with Crippen molar-refractivity contribution in [3.8, 4) is 0 Å². The van der Waals surface area contributed by atoms with Crippen molar-refractivity contribution >= 4 is 41.0 Å². The van der Waals surface area contributed by atoms with Gasteiger partial charge in [-0.25, -0.2) is 0 Å². The first-order chi connectivity index (χ1) is 10.9. The van der Waals surface area contributed by atoms with Crippen LogP contribution < -0.4 is 5.32 Å². The van der Waals surface area contributed by atoms with E-state index in [9.17, 15) is 18.4 Å². The molecule has 1 N–H and O–H groups in total. The van der Waals surface area contributed by atoms with Crippen LogP contribution in [0.1, 0.15) is 19.8 Å². The lowest BCUT2D eigenvalue weighted by Gasteiger charge is -2.29. The predicted octanol–water partition coefficient (Wildman–Crippen LogP) is 3.39.